The minimum absolute atomic E-state index is 0.0245. The molecule has 3 aromatic rings. The SMILES string of the molecule is O=S(=O)(NC[C@@H](O)CO)c1ccc(Nc2ncc(-c3ccc(C(F)(F)F)cc3)o2)cn1. The number of aliphatic hydroxyl groups excluding tert-OH is 2. The van der Waals surface area contributed by atoms with Crippen molar-refractivity contribution < 1.29 is 36.2 Å². The highest BCUT2D eigenvalue weighted by atomic mass is 32.2. The van der Waals surface area contributed by atoms with E-state index >= 15 is 0 Å². The van der Waals surface area contributed by atoms with Gasteiger partial charge in [-0.25, -0.2) is 23.1 Å². The molecule has 0 saturated carbocycles. The number of benzene rings is 1. The Bertz CT molecular complexity index is 1120. The van der Waals surface area contributed by atoms with E-state index in [1.165, 1.54) is 36.7 Å². The smallest absolute Gasteiger partial charge is 0.416 e. The molecule has 0 amide bonds. The second kappa shape index (κ2) is 9.01. The molecule has 13 heteroatoms. The fraction of sp³-hybridized carbons (Fsp3) is 0.222. The molecule has 1 aromatic carbocycles. The average molecular weight is 458 g/mol. The topological polar surface area (TPSA) is 138 Å². The van der Waals surface area contributed by atoms with Gasteiger partial charge in [-0.05, 0) is 24.3 Å². The molecule has 31 heavy (non-hydrogen) atoms. The van der Waals surface area contributed by atoms with E-state index in [0.717, 1.165) is 12.1 Å². The maximum atomic E-state index is 12.7. The highest BCUT2D eigenvalue weighted by molar-refractivity contribution is 7.89. The molecule has 0 aliphatic carbocycles. The summed E-state index contributed by atoms with van der Waals surface area (Å²) in [5.41, 5.74) is -0.0463. The van der Waals surface area contributed by atoms with Crippen molar-refractivity contribution in [1.29, 1.82) is 0 Å². The van der Waals surface area contributed by atoms with Gasteiger partial charge in [-0.15, -0.1) is 0 Å². The lowest BCUT2D eigenvalue weighted by Crippen LogP contribution is -2.34. The lowest BCUT2D eigenvalue weighted by molar-refractivity contribution is -0.137. The van der Waals surface area contributed by atoms with E-state index in [-0.39, 0.29) is 23.3 Å². The van der Waals surface area contributed by atoms with Crippen molar-refractivity contribution in [3.63, 3.8) is 0 Å². The number of nitrogens with zero attached hydrogens (tertiary/aromatic N) is 2. The van der Waals surface area contributed by atoms with E-state index in [9.17, 15) is 26.7 Å². The van der Waals surface area contributed by atoms with Crippen LogP contribution in [0, 0.1) is 0 Å². The molecule has 4 N–H and O–H groups in total. The van der Waals surface area contributed by atoms with Gasteiger partial charge >= 0.3 is 6.18 Å². The molecule has 2 heterocycles. The standard InChI is InChI=1S/C18H17F3N4O5S/c19-18(20,21)12-3-1-11(2-4-12)15-9-23-17(30-15)25-13-5-6-16(22-7-13)31(28,29)24-8-14(27)10-26/h1-7,9,14,24,26-27H,8,10H2,(H,23,25)/t14-/m1/s1. The normalized spacial score (nSPS) is 13.2. The average Bonchev–Trinajstić information content (AvgIpc) is 3.20. The van der Waals surface area contributed by atoms with Gasteiger partial charge in [0.2, 0.25) is 0 Å². The fourth-order valence-corrected chi connectivity index (χ4v) is 3.37. The minimum Gasteiger partial charge on any atom is -0.423 e. The molecule has 166 valence electrons. The van der Waals surface area contributed by atoms with Gasteiger partial charge in [0.05, 0.1) is 36.4 Å². The zero-order valence-electron chi connectivity index (χ0n) is 15.7. The Morgan fingerprint density at radius 3 is 2.35 bits per heavy atom. The Morgan fingerprint density at radius 2 is 1.77 bits per heavy atom. The molecule has 0 radical (unpaired) electrons. The van der Waals surface area contributed by atoms with Crippen LogP contribution in [0.5, 0.6) is 0 Å². The first-order valence-corrected chi connectivity index (χ1v) is 10.2. The second-order valence-corrected chi connectivity index (χ2v) is 8.02. The van der Waals surface area contributed by atoms with Gasteiger partial charge in [0.1, 0.15) is 0 Å². The number of alkyl halides is 3. The van der Waals surface area contributed by atoms with Crippen molar-refractivity contribution in [2.75, 3.05) is 18.5 Å². The van der Waals surface area contributed by atoms with Gasteiger partial charge in [0.25, 0.3) is 16.0 Å². The number of rotatable bonds is 8. The van der Waals surface area contributed by atoms with Crippen LogP contribution in [0.15, 0.2) is 58.2 Å². The summed E-state index contributed by atoms with van der Waals surface area (Å²) < 4.78 is 69.7. The Morgan fingerprint density at radius 1 is 1.06 bits per heavy atom. The van der Waals surface area contributed by atoms with Gasteiger partial charge in [0.15, 0.2) is 10.8 Å². The van der Waals surface area contributed by atoms with Crippen LogP contribution in [0.3, 0.4) is 0 Å². The highest BCUT2D eigenvalue weighted by Crippen LogP contribution is 2.31. The van der Waals surface area contributed by atoms with Crippen molar-refractivity contribution in [1.82, 2.24) is 14.7 Å². The van der Waals surface area contributed by atoms with Crippen molar-refractivity contribution in [3.05, 3.63) is 54.4 Å². The molecule has 2 aromatic heterocycles. The maximum absolute atomic E-state index is 12.7. The zero-order valence-corrected chi connectivity index (χ0v) is 16.5. The van der Waals surface area contributed by atoms with Crippen LogP contribution in [0.1, 0.15) is 5.56 Å². The summed E-state index contributed by atoms with van der Waals surface area (Å²) in [7, 11) is -3.98. The Kier molecular flexibility index (Phi) is 6.59. The third-order valence-corrected chi connectivity index (χ3v) is 5.32. The molecule has 0 unspecified atom stereocenters. The number of hydrogen-bond donors (Lipinski definition) is 4. The Balaban J connectivity index is 1.67. The number of sulfonamides is 1. The van der Waals surface area contributed by atoms with E-state index in [2.05, 4.69) is 20.0 Å². The van der Waals surface area contributed by atoms with Crippen LogP contribution in [0.4, 0.5) is 24.9 Å². The predicted molar refractivity (Wildman–Crippen MR) is 103 cm³/mol. The fourth-order valence-electron chi connectivity index (χ4n) is 2.37. The number of aliphatic hydroxyl groups is 2. The monoisotopic (exact) mass is 458 g/mol. The van der Waals surface area contributed by atoms with Crippen LogP contribution >= 0.6 is 0 Å². The van der Waals surface area contributed by atoms with Gasteiger partial charge in [-0.1, -0.05) is 12.1 Å². The van der Waals surface area contributed by atoms with Gasteiger partial charge < -0.3 is 19.9 Å². The van der Waals surface area contributed by atoms with Crippen molar-refractivity contribution in [3.8, 4) is 11.3 Å². The summed E-state index contributed by atoms with van der Waals surface area (Å²) >= 11 is 0. The first-order chi connectivity index (χ1) is 14.6. The highest BCUT2D eigenvalue weighted by Gasteiger charge is 2.30. The number of anilines is 2. The van der Waals surface area contributed by atoms with Crippen LogP contribution < -0.4 is 10.0 Å². The molecule has 3 rings (SSSR count). The van der Waals surface area contributed by atoms with E-state index in [1.54, 1.807) is 0 Å². The summed E-state index contributed by atoms with van der Waals surface area (Å²) in [4.78, 5) is 7.79. The molecular weight excluding hydrogens is 441 g/mol. The van der Waals surface area contributed by atoms with E-state index < -0.39 is 34.5 Å². The summed E-state index contributed by atoms with van der Waals surface area (Å²) in [5, 5.41) is 20.4. The summed E-state index contributed by atoms with van der Waals surface area (Å²) in [6.45, 7) is -0.965. The Hall–Kier alpha value is -3.00. The molecule has 0 aliphatic rings. The van der Waals surface area contributed by atoms with E-state index in [0.29, 0.717) is 11.3 Å². The molecular formula is C18H17F3N4O5S. The predicted octanol–water partition coefficient (Wildman–Crippen LogP) is 2.13. The molecule has 0 saturated heterocycles. The van der Waals surface area contributed by atoms with E-state index in [4.69, 9.17) is 9.52 Å². The largest absolute Gasteiger partial charge is 0.423 e. The summed E-state index contributed by atoms with van der Waals surface area (Å²) in [6.07, 6.45) is -3.14. The Labute approximate surface area is 174 Å². The van der Waals surface area contributed by atoms with Gasteiger partial charge in [-0.3, -0.25) is 0 Å². The van der Waals surface area contributed by atoms with Crippen molar-refractivity contribution >= 4 is 21.7 Å². The summed E-state index contributed by atoms with van der Waals surface area (Å²) in [6, 6.07) is 7.01. The first-order valence-electron chi connectivity index (χ1n) is 8.73. The lowest BCUT2D eigenvalue weighted by Gasteiger charge is -2.09. The van der Waals surface area contributed by atoms with Crippen molar-refractivity contribution in [2.24, 2.45) is 0 Å². The molecule has 1 atom stereocenters. The van der Waals surface area contributed by atoms with Crippen molar-refractivity contribution in [2.45, 2.75) is 17.3 Å². The molecule has 0 aliphatic heterocycles. The number of halogens is 3. The van der Waals surface area contributed by atoms with Crippen LogP contribution in [0.2, 0.25) is 0 Å². The number of hydrogen-bond acceptors (Lipinski definition) is 8. The quantitative estimate of drug-likeness (QED) is 0.403. The van der Waals surface area contributed by atoms with Gasteiger partial charge in [-0.2, -0.15) is 13.2 Å². The second-order valence-electron chi connectivity index (χ2n) is 6.30. The maximum Gasteiger partial charge on any atom is 0.416 e. The first kappa shape index (κ1) is 22.7. The number of pyridine rings is 1. The van der Waals surface area contributed by atoms with Crippen LogP contribution in [-0.2, 0) is 16.2 Å². The molecule has 0 fully saturated rings. The van der Waals surface area contributed by atoms with E-state index in [1.807, 2.05) is 0 Å². The number of nitrogens with one attached hydrogen (secondary N) is 2. The number of aromatic nitrogens is 2. The third-order valence-electron chi connectivity index (χ3n) is 3.99. The van der Waals surface area contributed by atoms with Crippen LogP contribution in [0.25, 0.3) is 11.3 Å². The lowest BCUT2D eigenvalue weighted by atomic mass is 10.1. The third kappa shape index (κ3) is 5.79. The summed E-state index contributed by atoms with van der Waals surface area (Å²) in [5.74, 6) is 0.232. The number of oxazole rings is 1. The molecule has 9 nitrogen and oxygen atoms in total. The molecule has 0 bridgehead atoms. The zero-order chi connectivity index (χ0) is 22.6. The van der Waals surface area contributed by atoms with Gasteiger partial charge in [0, 0.05) is 12.1 Å². The molecule has 0 spiro atoms. The minimum atomic E-state index is -4.44. The van der Waals surface area contributed by atoms with Crippen LogP contribution in [-0.4, -0.2) is 47.9 Å².